The molecule has 0 spiro atoms. The second-order valence-corrected chi connectivity index (χ2v) is 4.08. The first-order valence-electron chi connectivity index (χ1n) is 3.57. The minimum atomic E-state index is -4.40. The quantitative estimate of drug-likeness (QED) is 0.611. The second-order valence-electron chi connectivity index (χ2n) is 2.66. The van der Waals surface area contributed by atoms with E-state index in [2.05, 4.69) is 31.9 Å². The number of halogens is 5. The molecule has 0 fully saturated rings. The van der Waals surface area contributed by atoms with E-state index >= 15 is 0 Å². The molecule has 6 heteroatoms. The van der Waals surface area contributed by atoms with Gasteiger partial charge in [-0.15, -0.1) is 0 Å². The fourth-order valence-corrected chi connectivity index (χ4v) is 2.32. The maximum Gasteiger partial charge on any atom is 0.418 e. The van der Waals surface area contributed by atoms with Crippen molar-refractivity contribution in [2.24, 2.45) is 0 Å². The molecule has 0 amide bonds. The van der Waals surface area contributed by atoms with E-state index in [4.69, 9.17) is 5.73 Å². The van der Waals surface area contributed by atoms with Gasteiger partial charge < -0.3 is 5.73 Å². The van der Waals surface area contributed by atoms with Gasteiger partial charge in [0.15, 0.2) is 0 Å². The van der Waals surface area contributed by atoms with Crippen molar-refractivity contribution in [3.63, 3.8) is 0 Å². The summed E-state index contributed by atoms with van der Waals surface area (Å²) in [5.41, 5.74) is 4.72. The molecule has 0 bridgehead atoms. The third-order valence-electron chi connectivity index (χ3n) is 1.67. The number of hydrogen-bond donors (Lipinski definition) is 1. The zero-order valence-electron chi connectivity index (χ0n) is 6.83. The van der Waals surface area contributed by atoms with Gasteiger partial charge in [-0.1, -0.05) is 31.9 Å². The van der Waals surface area contributed by atoms with Crippen LogP contribution >= 0.6 is 31.9 Å². The number of nitrogen functional groups attached to an aromatic ring is 1. The maximum atomic E-state index is 12.4. The molecule has 0 heterocycles. The Morgan fingerprint density at radius 1 is 1.29 bits per heavy atom. The van der Waals surface area contributed by atoms with Gasteiger partial charge in [-0.25, -0.2) is 0 Å². The third kappa shape index (κ3) is 2.42. The Morgan fingerprint density at radius 3 is 2.29 bits per heavy atom. The summed E-state index contributed by atoms with van der Waals surface area (Å²) in [6, 6.07) is 2.30. The molecular weight excluding hydrogens is 327 g/mol. The SMILES string of the molecule is Nc1cc(Br)c(CBr)cc1C(F)(F)F. The average Bonchev–Trinajstić information content (AvgIpc) is 2.02. The lowest BCUT2D eigenvalue weighted by atomic mass is 10.1. The zero-order chi connectivity index (χ0) is 10.9. The number of rotatable bonds is 1. The van der Waals surface area contributed by atoms with Gasteiger partial charge in [0.1, 0.15) is 0 Å². The van der Waals surface area contributed by atoms with Crippen LogP contribution in [0.1, 0.15) is 11.1 Å². The molecule has 0 saturated carbocycles. The van der Waals surface area contributed by atoms with Crippen molar-refractivity contribution in [3.05, 3.63) is 27.7 Å². The molecule has 0 radical (unpaired) electrons. The number of anilines is 1. The highest BCUT2D eigenvalue weighted by molar-refractivity contribution is 9.10. The molecule has 14 heavy (non-hydrogen) atoms. The summed E-state index contributed by atoms with van der Waals surface area (Å²) in [5, 5.41) is 0.344. The predicted octanol–water partition coefficient (Wildman–Crippen LogP) is 3.95. The van der Waals surface area contributed by atoms with E-state index in [1.165, 1.54) is 6.07 Å². The highest BCUT2D eigenvalue weighted by atomic mass is 79.9. The van der Waals surface area contributed by atoms with Crippen LogP contribution in [-0.4, -0.2) is 0 Å². The molecule has 78 valence electrons. The number of alkyl halides is 4. The van der Waals surface area contributed by atoms with Crippen molar-refractivity contribution in [2.45, 2.75) is 11.5 Å². The van der Waals surface area contributed by atoms with Gasteiger partial charge in [-0.2, -0.15) is 13.2 Å². The van der Waals surface area contributed by atoms with Crippen molar-refractivity contribution < 1.29 is 13.2 Å². The van der Waals surface area contributed by atoms with Crippen LogP contribution in [-0.2, 0) is 11.5 Å². The molecular formula is C8H6Br2F3N. The van der Waals surface area contributed by atoms with Gasteiger partial charge >= 0.3 is 6.18 Å². The van der Waals surface area contributed by atoms with Crippen LogP contribution in [0, 0.1) is 0 Å². The summed E-state index contributed by atoms with van der Waals surface area (Å²) < 4.78 is 37.7. The van der Waals surface area contributed by atoms with Gasteiger partial charge in [0.2, 0.25) is 0 Å². The summed E-state index contributed by atoms with van der Waals surface area (Å²) in [4.78, 5) is 0. The summed E-state index contributed by atoms with van der Waals surface area (Å²) >= 11 is 6.23. The van der Waals surface area contributed by atoms with Crippen molar-refractivity contribution >= 4 is 37.5 Å². The molecule has 0 atom stereocenters. The van der Waals surface area contributed by atoms with E-state index < -0.39 is 11.7 Å². The fraction of sp³-hybridized carbons (Fsp3) is 0.250. The zero-order valence-corrected chi connectivity index (χ0v) is 10.0. The third-order valence-corrected chi connectivity index (χ3v) is 3.01. The monoisotopic (exact) mass is 331 g/mol. The van der Waals surface area contributed by atoms with Crippen LogP contribution < -0.4 is 5.73 Å². The van der Waals surface area contributed by atoms with Crippen LogP contribution in [0.15, 0.2) is 16.6 Å². The van der Waals surface area contributed by atoms with Crippen LogP contribution in [0.25, 0.3) is 0 Å². The largest absolute Gasteiger partial charge is 0.418 e. The van der Waals surface area contributed by atoms with Crippen molar-refractivity contribution in [2.75, 3.05) is 5.73 Å². The number of benzene rings is 1. The van der Waals surface area contributed by atoms with Gasteiger partial charge in [0, 0.05) is 15.5 Å². The highest BCUT2D eigenvalue weighted by Crippen LogP contribution is 2.36. The Bertz CT molecular complexity index is 349. The van der Waals surface area contributed by atoms with Gasteiger partial charge in [-0.05, 0) is 17.7 Å². The standard InChI is InChI=1S/C8H6Br2F3N/c9-3-4-1-5(8(11,12)13)7(14)2-6(4)10/h1-2H,3,14H2. The topological polar surface area (TPSA) is 26.0 Å². The van der Waals surface area contributed by atoms with E-state index in [0.29, 0.717) is 15.4 Å². The van der Waals surface area contributed by atoms with Crippen molar-refractivity contribution in [1.82, 2.24) is 0 Å². The Balaban J connectivity index is 3.32. The van der Waals surface area contributed by atoms with E-state index in [1.54, 1.807) is 0 Å². The van der Waals surface area contributed by atoms with E-state index in [9.17, 15) is 13.2 Å². The predicted molar refractivity (Wildman–Crippen MR) is 56.2 cm³/mol. The van der Waals surface area contributed by atoms with Crippen LogP contribution in [0.4, 0.5) is 18.9 Å². The molecule has 0 aliphatic heterocycles. The van der Waals surface area contributed by atoms with E-state index in [1.807, 2.05) is 0 Å². The van der Waals surface area contributed by atoms with E-state index in [0.717, 1.165) is 6.07 Å². The second kappa shape index (κ2) is 4.10. The normalized spacial score (nSPS) is 11.8. The molecule has 0 saturated heterocycles. The molecule has 1 aromatic rings. The molecule has 1 nitrogen and oxygen atoms in total. The minimum absolute atomic E-state index is 0.269. The minimum Gasteiger partial charge on any atom is -0.398 e. The summed E-state index contributed by atoms with van der Waals surface area (Å²) in [6.45, 7) is 0. The summed E-state index contributed by atoms with van der Waals surface area (Å²) in [7, 11) is 0. The first-order chi connectivity index (χ1) is 6.36. The average molecular weight is 333 g/mol. The van der Waals surface area contributed by atoms with Crippen molar-refractivity contribution in [3.8, 4) is 0 Å². The van der Waals surface area contributed by atoms with E-state index in [-0.39, 0.29) is 5.69 Å². The van der Waals surface area contributed by atoms with Gasteiger partial charge in [0.05, 0.1) is 5.56 Å². The lowest BCUT2D eigenvalue weighted by Gasteiger charge is -2.12. The lowest BCUT2D eigenvalue weighted by Crippen LogP contribution is -2.09. The molecule has 0 aliphatic carbocycles. The number of nitrogens with two attached hydrogens (primary N) is 1. The molecule has 1 rings (SSSR count). The van der Waals surface area contributed by atoms with Gasteiger partial charge in [0.25, 0.3) is 0 Å². The molecule has 1 aromatic carbocycles. The fourth-order valence-electron chi connectivity index (χ4n) is 0.981. The molecule has 2 N–H and O–H groups in total. The Labute approximate surface area is 95.7 Å². The smallest absolute Gasteiger partial charge is 0.398 e. The van der Waals surface area contributed by atoms with Crippen LogP contribution in [0.3, 0.4) is 0 Å². The first-order valence-corrected chi connectivity index (χ1v) is 5.48. The molecule has 0 aromatic heterocycles. The van der Waals surface area contributed by atoms with Gasteiger partial charge in [-0.3, -0.25) is 0 Å². The Hall–Kier alpha value is -0.230. The van der Waals surface area contributed by atoms with Crippen molar-refractivity contribution in [1.29, 1.82) is 0 Å². The first kappa shape index (κ1) is 11.8. The molecule has 0 aliphatic rings. The number of hydrogen-bond acceptors (Lipinski definition) is 1. The summed E-state index contributed by atoms with van der Waals surface area (Å²) in [6.07, 6.45) is -4.40. The maximum absolute atomic E-state index is 12.4. The highest BCUT2D eigenvalue weighted by Gasteiger charge is 2.33. The summed E-state index contributed by atoms with van der Waals surface area (Å²) in [5.74, 6) is 0. The van der Waals surface area contributed by atoms with Crippen LogP contribution in [0.5, 0.6) is 0 Å². The molecule has 0 unspecified atom stereocenters. The Kier molecular flexibility index (Phi) is 3.47. The Morgan fingerprint density at radius 2 is 1.86 bits per heavy atom. The lowest BCUT2D eigenvalue weighted by molar-refractivity contribution is -0.136. The van der Waals surface area contributed by atoms with Crippen LogP contribution in [0.2, 0.25) is 0 Å².